The van der Waals surface area contributed by atoms with Gasteiger partial charge in [0, 0.05) is 35.4 Å². The molecule has 4 heterocycles. The van der Waals surface area contributed by atoms with Crippen LogP contribution in [-0.2, 0) is 35.3 Å². The number of pyridine rings is 1. The summed E-state index contributed by atoms with van der Waals surface area (Å²) in [6.45, 7) is 4.58. The second kappa shape index (κ2) is 13.2. The Bertz CT molecular complexity index is 1740. The maximum absolute atomic E-state index is 13.7. The van der Waals surface area contributed by atoms with Crippen LogP contribution >= 0.6 is 0 Å². The highest BCUT2D eigenvalue weighted by Crippen LogP contribution is 2.34. The molecule has 12 heteroatoms. The number of nitrogens with zero attached hydrogens (tertiary/aromatic N) is 4. The van der Waals surface area contributed by atoms with Gasteiger partial charge in [0.1, 0.15) is 12.4 Å². The van der Waals surface area contributed by atoms with Gasteiger partial charge in [-0.1, -0.05) is 18.2 Å². The van der Waals surface area contributed by atoms with Crippen LogP contribution in [0.4, 0.5) is 13.2 Å². The Morgan fingerprint density at radius 2 is 1.76 bits per heavy atom. The molecule has 1 atom stereocenters. The maximum Gasteiger partial charge on any atom is 0.416 e. The van der Waals surface area contributed by atoms with E-state index in [-0.39, 0.29) is 35.6 Å². The SMILES string of the molecule is COC(=O)c1ccc2nc(CN3CCC(c4cccc(OCc5ccc(C(C)=O)cc5C(F)(F)F)n4)CC3)n(C[C@@H]3CCO3)c2c1. The number of aromatic nitrogens is 3. The topological polar surface area (TPSA) is 95.8 Å². The van der Waals surface area contributed by atoms with Gasteiger partial charge in [-0.15, -0.1) is 0 Å². The number of esters is 1. The van der Waals surface area contributed by atoms with E-state index in [1.54, 1.807) is 18.2 Å². The first-order valence-electron chi connectivity index (χ1n) is 15.3. The van der Waals surface area contributed by atoms with Crippen LogP contribution in [0.15, 0.2) is 54.6 Å². The highest BCUT2D eigenvalue weighted by molar-refractivity contribution is 5.94. The predicted octanol–water partition coefficient (Wildman–Crippen LogP) is 6.19. The van der Waals surface area contributed by atoms with Crippen molar-refractivity contribution in [1.29, 1.82) is 0 Å². The quantitative estimate of drug-likeness (QED) is 0.150. The Labute approximate surface area is 264 Å². The molecule has 0 aliphatic carbocycles. The first kappa shape index (κ1) is 31.7. The zero-order chi connectivity index (χ0) is 32.4. The largest absolute Gasteiger partial charge is 0.473 e. The third kappa shape index (κ3) is 6.92. The molecule has 46 heavy (non-hydrogen) atoms. The molecule has 0 spiro atoms. The van der Waals surface area contributed by atoms with Crippen LogP contribution in [0.1, 0.15) is 75.5 Å². The van der Waals surface area contributed by atoms with E-state index in [2.05, 4.69) is 14.5 Å². The van der Waals surface area contributed by atoms with Crippen molar-refractivity contribution in [2.45, 2.75) is 64.1 Å². The summed E-state index contributed by atoms with van der Waals surface area (Å²) < 4.78 is 59.6. The van der Waals surface area contributed by atoms with Crippen molar-refractivity contribution in [2.24, 2.45) is 0 Å². The molecule has 2 aromatic heterocycles. The molecule has 9 nitrogen and oxygen atoms in total. The van der Waals surface area contributed by atoms with Gasteiger partial charge in [0.25, 0.3) is 0 Å². The Balaban J connectivity index is 1.11. The van der Waals surface area contributed by atoms with Crippen LogP contribution < -0.4 is 4.74 Å². The van der Waals surface area contributed by atoms with Crippen molar-refractivity contribution in [1.82, 2.24) is 19.4 Å². The number of carbonyl (C=O) groups is 2. The number of hydrogen-bond donors (Lipinski definition) is 0. The monoisotopic (exact) mass is 636 g/mol. The number of piperidine rings is 1. The minimum atomic E-state index is -4.62. The lowest BCUT2D eigenvalue weighted by Crippen LogP contribution is -2.35. The lowest BCUT2D eigenvalue weighted by molar-refractivity contribution is -0.138. The van der Waals surface area contributed by atoms with Gasteiger partial charge in [0.15, 0.2) is 5.78 Å². The molecule has 2 aliphatic heterocycles. The number of rotatable bonds is 10. The number of halogens is 3. The summed E-state index contributed by atoms with van der Waals surface area (Å²) in [5.74, 6) is 0.506. The minimum Gasteiger partial charge on any atom is -0.473 e. The zero-order valence-corrected chi connectivity index (χ0v) is 25.7. The first-order chi connectivity index (χ1) is 22.1. The van der Waals surface area contributed by atoms with Crippen molar-refractivity contribution < 1.29 is 37.0 Å². The standard InChI is InChI=1S/C34H35F3N4O5/c1-21(42)23-6-7-25(27(16-23)34(35,36)37)20-46-32-5-3-4-28(39-32)22-10-13-40(14-11-22)19-31-38-29-9-8-24(33(43)44-2)17-30(29)41(31)18-26-12-15-45-26/h3-9,16-17,22,26H,10-15,18-20H2,1-2H3/t26-/m0/s1. The highest BCUT2D eigenvalue weighted by atomic mass is 19.4. The number of ketones is 1. The predicted molar refractivity (Wildman–Crippen MR) is 163 cm³/mol. The number of likely N-dealkylation sites (tertiary alicyclic amines) is 1. The Morgan fingerprint density at radius 3 is 2.43 bits per heavy atom. The first-order valence-corrected chi connectivity index (χ1v) is 15.3. The lowest BCUT2D eigenvalue weighted by atomic mass is 9.93. The minimum absolute atomic E-state index is 0.000119. The van der Waals surface area contributed by atoms with Gasteiger partial charge < -0.3 is 18.8 Å². The molecule has 0 unspecified atom stereocenters. The molecule has 4 aromatic rings. The van der Waals surface area contributed by atoms with Gasteiger partial charge in [-0.25, -0.2) is 14.8 Å². The number of benzene rings is 2. The summed E-state index contributed by atoms with van der Waals surface area (Å²) in [7, 11) is 1.37. The zero-order valence-electron chi connectivity index (χ0n) is 25.7. The molecule has 2 fully saturated rings. The van der Waals surface area contributed by atoms with Gasteiger partial charge in [-0.2, -0.15) is 13.2 Å². The second-order valence-electron chi connectivity index (χ2n) is 11.8. The number of ether oxygens (including phenoxy) is 3. The van der Waals surface area contributed by atoms with Crippen molar-refractivity contribution >= 4 is 22.8 Å². The molecule has 0 amide bonds. The molecule has 242 valence electrons. The van der Waals surface area contributed by atoms with Crippen LogP contribution in [-0.4, -0.2) is 64.1 Å². The molecule has 0 saturated carbocycles. The third-order valence-corrected chi connectivity index (χ3v) is 8.74. The normalized spacial score (nSPS) is 17.5. The lowest BCUT2D eigenvalue weighted by Gasteiger charge is -2.32. The van der Waals surface area contributed by atoms with Crippen molar-refractivity contribution in [3.63, 3.8) is 0 Å². The number of carbonyl (C=O) groups excluding carboxylic acids is 2. The Hall–Kier alpha value is -4.29. The fourth-order valence-electron chi connectivity index (χ4n) is 6.04. The van der Waals surface area contributed by atoms with Gasteiger partial charge >= 0.3 is 12.1 Å². The van der Waals surface area contributed by atoms with Crippen molar-refractivity contribution in [3.8, 4) is 5.88 Å². The fraction of sp³-hybridized carbons (Fsp3) is 0.412. The van der Waals surface area contributed by atoms with E-state index >= 15 is 0 Å². The summed E-state index contributed by atoms with van der Waals surface area (Å²) in [6.07, 6.45) is -1.83. The van der Waals surface area contributed by atoms with E-state index in [9.17, 15) is 22.8 Å². The van der Waals surface area contributed by atoms with Gasteiger partial charge in [0.2, 0.25) is 5.88 Å². The van der Waals surface area contributed by atoms with Crippen LogP contribution in [0.3, 0.4) is 0 Å². The number of methoxy groups -OCH3 is 1. The summed E-state index contributed by atoms with van der Waals surface area (Å²) in [6, 6.07) is 14.3. The van der Waals surface area contributed by atoms with Crippen LogP contribution in [0, 0.1) is 0 Å². The number of alkyl halides is 3. The van der Waals surface area contributed by atoms with E-state index in [0.717, 1.165) is 67.6 Å². The van der Waals surface area contributed by atoms with Crippen molar-refractivity contribution in [2.75, 3.05) is 26.8 Å². The summed E-state index contributed by atoms with van der Waals surface area (Å²) in [5, 5.41) is 0. The van der Waals surface area contributed by atoms with E-state index in [1.807, 2.05) is 18.2 Å². The van der Waals surface area contributed by atoms with Gasteiger partial charge in [-0.3, -0.25) is 9.69 Å². The molecule has 2 aliphatic rings. The highest BCUT2D eigenvalue weighted by Gasteiger charge is 2.34. The van der Waals surface area contributed by atoms with E-state index in [1.165, 1.54) is 26.2 Å². The molecule has 6 rings (SSSR count). The average Bonchev–Trinajstić information content (AvgIpc) is 3.36. The summed E-state index contributed by atoms with van der Waals surface area (Å²) in [4.78, 5) is 35.7. The summed E-state index contributed by atoms with van der Waals surface area (Å²) in [5.41, 5.74) is 2.06. The second-order valence-corrected chi connectivity index (χ2v) is 11.8. The van der Waals surface area contributed by atoms with Crippen LogP contribution in [0.25, 0.3) is 11.0 Å². The molecular weight excluding hydrogens is 601 g/mol. The van der Waals surface area contributed by atoms with E-state index < -0.39 is 23.5 Å². The van der Waals surface area contributed by atoms with Crippen LogP contribution in [0.5, 0.6) is 5.88 Å². The number of fused-ring (bicyclic) bond motifs is 1. The van der Waals surface area contributed by atoms with Crippen molar-refractivity contribution in [3.05, 3.63) is 88.4 Å². The third-order valence-electron chi connectivity index (χ3n) is 8.74. The number of imidazole rings is 1. The van der Waals surface area contributed by atoms with E-state index in [0.29, 0.717) is 18.7 Å². The maximum atomic E-state index is 13.7. The molecular formula is C34H35F3N4O5. The Kier molecular flexibility index (Phi) is 9.10. The molecule has 0 radical (unpaired) electrons. The van der Waals surface area contributed by atoms with E-state index in [4.69, 9.17) is 19.2 Å². The molecule has 0 bridgehead atoms. The van der Waals surface area contributed by atoms with Gasteiger partial charge in [0.05, 0.1) is 48.5 Å². The smallest absolute Gasteiger partial charge is 0.416 e. The van der Waals surface area contributed by atoms with Gasteiger partial charge in [-0.05, 0) is 69.6 Å². The van der Waals surface area contributed by atoms with Crippen LogP contribution in [0.2, 0.25) is 0 Å². The molecule has 2 saturated heterocycles. The average molecular weight is 637 g/mol. The number of hydrogen-bond acceptors (Lipinski definition) is 8. The number of Topliss-reactive ketones (excluding diaryl/α,β-unsaturated/α-hetero) is 1. The Morgan fingerprint density at radius 1 is 1.00 bits per heavy atom. The molecule has 2 aromatic carbocycles. The molecule has 0 N–H and O–H groups in total. The summed E-state index contributed by atoms with van der Waals surface area (Å²) >= 11 is 0. The fourth-order valence-corrected chi connectivity index (χ4v) is 6.04.